The molecule has 0 unspecified atom stereocenters. The molecule has 1 aromatic carbocycles. The minimum absolute atomic E-state index is 0.0607. The first-order chi connectivity index (χ1) is 9.74. The van der Waals surface area contributed by atoms with Crippen molar-refractivity contribution < 1.29 is 9.18 Å². The Balaban J connectivity index is 1.86. The number of imidazole rings is 1. The number of benzene rings is 1. The van der Waals surface area contributed by atoms with Crippen molar-refractivity contribution in [2.75, 3.05) is 13.1 Å². The topological polar surface area (TPSA) is 61.0 Å². The number of hydrogen-bond donors (Lipinski definition) is 2. The Morgan fingerprint density at radius 2 is 2.15 bits per heavy atom. The van der Waals surface area contributed by atoms with E-state index in [1.807, 2.05) is 4.90 Å². The Kier molecular flexibility index (Phi) is 3.47. The summed E-state index contributed by atoms with van der Waals surface area (Å²) in [5.41, 5.74) is 0.787. The lowest BCUT2D eigenvalue weighted by Gasteiger charge is -2.34. The summed E-state index contributed by atoms with van der Waals surface area (Å²) in [6.45, 7) is 1.90. The zero-order valence-electron chi connectivity index (χ0n) is 10.8. The molecule has 2 heterocycles. The quantitative estimate of drug-likeness (QED) is 0.884. The lowest BCUT2D eigenvalue weighted by Crippen LogP contribution is -2.49. The predicted molar refractivity (Wildman–Crippen MR) is 71.1 cm³/mol. The van der Waals surface area contributed by atoms with Crippen LogP contribution in [0.15, 0.2) is 36.7 Å². The molecule has 0 spiro atoms. The van der Waals surface area contributed by atoms with Crippen molar-refractivity contribution >= 4 is 5.91 Å². The van der Waals surface area contributed by atoms with Crippen LogP contribution in [0.25, 0.3) is 0 Å². The number of halogens is 1. The van der Waals surface area contributed by atoms with Crippen LogP contribution in [-0.4, -0.2) is 33.9 Å². The molecule has 0 saturated carbocycles. The molecule has 1 aromatic heterocycles. The maximum absolute atomic E-state index is 13.0. The number of H-pyrrole nitrogens is 1. The molecule has 104 valence electrons. The highest BCUT2D eigenvalue weighted by Crippen LogP contribution is 2.24. The van der Waals surface area contributed by atoms with E-state index in [9.17, 15) is 9.18 Å². The molecule has 6 heteroatoms. The second-order valence-electron chi connectivity index (χ2n) is 4.75. The molecule has 1 aliphatic rings. The van der Waals surface area contributed by atoms with E-state index in [0.29, 0.717) is 13.1 Å². The number of carbonyl (C=O) groups excluding carboxylic acids is 1. The molecule has 2 N–H and O–H groups in total. The van der Waals surface area contributed by atoms with E-state index >= 15 is 0 Å². The van der Waals surface area contributed by atoms with Gasteiger partial charge in [-0.1, -0.05) is 12.1 Å². The number of carbonyl (C=O) groups is 1. The largest absolute Gasteiger partial charge is 0.353 e. The maximum Gasteiger partial charge on any atom is 0.242 e. The second-order valence-corrected chi connectivity index (χ2v) is 4.75. The van der Waals surface area contributed by atoms with Gasteiger partial charge in [0.1, 0.15) is 17.7 Å². The summed E-state index contributed by atoms with van der Waals surface area (Å²) in [6.07, 6.45) is 3.44. The third kappa shape index (κ3) is 2.55. The van der Waals surface area contributed by atoms with Crippen molar-refractivity contribution in [1.82, 2.24) is 20.2 Å². The molecule has 1 amide bonds. The molecule has 20 heavy (non-hydrogen) atoms. The van der Waals surface area contributed by atoms with Crippen LogP contribution in [0.5, 0.6) is 0 Å². The highest BCUT2D eigenvalue weighted by Gasteiger charge is 2.31. The van der Waals surface area contributed by atoms with Gasteiger partial charge in [-0.3, -0.25) is 9.69 Å². The Morgan fingerprint density at radius 3 is 2.85 bits per heavy atom. The number of piperazine rings is 1. The molecular formula is C14H15FN4O. The van der Waals surface area contributed by atoms with Crippen molar-refractivity contribution in [3.05, 3.63) is 53.9 Å². The van der Waals surface area contributed by atoms with Gasteiger partial charge in [0.15, 0.2) is 0 Å². The van der Waals surface area contributed by atoms with Crippen LogP contribution in [0.1, 0.15) is 17.4 Å². The Morgan fingerprint density at radius 1 is 1.35 bits per heavy atom. The summed E-state index contributed by atoms with van der Waals surface area (Å²) >= 11 is 0. The number of hydrogen-bond acceptors (Lipinski definition) is 3. The SMILES string of the molecule is O=C1NCCN(Cc2ncc[nH]2)[C@@H]1c1ccc(F)cc1. The van der Waals surface area contributed by atoms with Gasteiger partial charge in [-0.25, -0.2) is 9.37 Å². The summed E-state index contributed by atoms with van der Waals surface area (Å²) < 4.78 is 13.0. The van der Waals surface area contributed by atoms with Crippen LogP contribution in [0.3, 0.4) is 0 Å². The van der Waals surface area contributed by atoms with Crippen LogP contribution in [-0.2, 0) is 11.3 Å². The highest BCUT2D eigenvalue weighted by atomic mass is 19.1. The van der Waals surface area contributed by atoms with Crippen LogP contribution in [0.2, 0.25) is 0 Å². The number of amides is 1. The Bertz CT molecular complexity index is 582. The number of aromatic amines is 1. The molecular weight excluding hydrogens is 259 g/mol. The van der Waals surface area contributed by atoms with Crippen molar-refractivity contribution in [2.24, 2.45) is 0 Å². The van der Waals surface area contributed by atoms with Crippen molar-refractivity contribution in [1.29, 1.82) is 0 Å². The van der Waals surface area contributed by atoms with Crippen molar-refractivity contribution in [2.45, 2.75) is 12.6 Å². The van der Waals surface area contributed by atoms with Gasteiger partial charge in [-0.05, 0) is 17.7 Å². The normalized spacial score (nSPS) is 19.9. The van der Waals surface area contributed by atoms with Crippen LogP contribution < -0.4 is 5.32 Å². The third-order valence-electron chi connectivity index (χ3n) is 3.41. The standard InChI is InChI=1S/C14H15FN4O/c15-11-3-1-10(2-4-11)13-14(20)18-7-8-19(13)9-12-16-5-6-17-12/h1-6,13H,7-9H2,(H,16,17)(H,18,20)/t13-/m1/s1. The minimum Gasteiger partial charge on any atom is -0.353 e. The first-order valence-electron chi connectivity index (χ1n) is 6.49. The summed E-state index contributed by atoms with van der Waals surface area (Å²) in [7, 11) is 0. The van der Waals surface area contributed by atoms with E-state index in [4.69, 9.17) is 0 Å². The first kappa shape index (κ1) is 12.8. The number of rotatable bonds is 3. The van der Waals surface area contributed by atoms with E-state index in [0.717, 1.165) is 17.9 Å². The van der Waals surface area contributed by atoms with Crippen molar-refractivity contribution in [3.63, 3.8) is 0 Å². The number of aromatic nitrogens is 2. The Hall–Kier alpha value is -2.21. The average molecular weight is 274 g/mol. The fraction of sp³-hybridized carbons (Fsp3) is 0.286. The van der Waals surface area contributed by atoms with Gasteiger partial charge < -0.3 is 10.3 Å². The van der Waals surface area contributed by atoms with Gasteiger partial charge in [0.05, 0.1) is 6.54 Å². The molecule has 2 aromatic rings. The van der Waals surface area contributed by atoms with E-state index < -0.39 is 6.04 Å². The van der Waals surface area contributed by atoms with E-state index in [2.05, 4.69) is 15.3 Å². The molecule has 3 rings (SSSR count). The summed E-state index contributed by atoms with van der Waals surface area (Å²) in [4.78, 5) is 21.4. The van der Waals surface area contributed by atoms with Crippen molar-refractivity contribution in [3.8, 4) is 0 Å². The van der Waals surface area contributed by atoms with Crippen LogP contribution >= 0.6 is 0 Å². The first-order valence-corrected chi connectivity index (χ1v) is 6.49. The van der Waals surface area contributed by atoms with Crippen LogP contribution in [0, 0.1) is 5.82 Å². The molecule has 0 radical (unpaired) electrons. The number of nitrogens with one attached hydrogen (secondary N) is 2. The number of nitrogens with zero attached hydrogens (tertiary/aromatic N) is 2. The maximum atomic E-state index is 13.0. The molecule has 0 bridgehead atoms. The fourth-order valence-electron chi connectivity index (χ4n) is 2.47. The zero-order valence-corrected chi connectivity index (χ0v) is 10.8. The molecule has 1 aliphatic heterocycles. The lowest BCUT2D eigenvalue weighted by molar-refractivity contribution is -0.129. The molecule has 5 nitrogen and oxygen atoms in total. The lowest BCUT2D eigenvalue weighted by atomic mass is 10.0. The zero-order chi connectivity index (χ0) is 13.9. The van der Waals surface area contributed by atoms with E-state index in [-0.39, 0.29) is 11.7 Å². The van der Waals surface area contributed by atoms with E-state index in [1.165, 1.54) is 12.1 Å². The fourth-order valence-corrected chi connectivity index (χ4v) is 2.47. The summed E-state index contributed by atoms with van der Waals surface area (Å²) in [6, 6.07) is 5.65. The predicted octanol–water partition coefficient (Wildman–Crippen LogP) is 1.22. The monoisotopic (exact) mass is 274 g/mol. The third-order valence-corrected chi connectivity index (χ3v) is 3.41. The molecule has 0 aliphatic carbocycles. The smallest absolute Gasteiger partial charge is 0.242 e. The second kappa shape index (κ2) is 5.42. The minimum atomic E-state index is -0.408. The van der Waals surface area contributed by atoms with Gasteiger partial charge in [-0.15, -0.1) is 0 Å². The van der Waals surface area contributed by atoms with Gasteiger partial charge in [0.25, 0.3) is 0 Å². The van der Waals surface area contributed by atoms with E-state index in [1.54, 1.807) is 24.5 Å². The van der Waals surface area contributed by atoms with Gasteiger partial charge in [0, 0.05) is 25.5 Å². The molecule has 1 atom stereocenters. The van der Waals surface area contributed by atoms with Gasteiger partial charge >= 0.3 is 0 Å². The van der Waals surface area contributed by atoms with Crippen LogP contribution in [0.4, 0.5) is 4.39 Å². The molecule has 1 saturated heterocycles. The highest BCUT2D eigenvalue weighted by molar-refractivity contribution is 5.83. The van der Waals surface area contributed by atoms with Gasteiger partial charge in [0.2, 0.25) is 5.91 Å². The average Bonchev–Trinajstić information content (AvgIpc) is 2.94. The van der Waals surface area contributed by atoms with Gasteiger partial charge in [-0.2, -0.15) is 0 Å². The Labute approximate surface area is 115 Å². The molecule has 1 fully saturated rings. The summed E-state index contributed by atoms with van der Waals surface area (Å²) in [5.74, 6) is 0.448. The summed E-state index contributed by atoms with van der Waals surface area (Å²) in [5, 5.41) is 2.85.